The van der Waals surface area contributed by atoms with Crippen LogP contribution in [0.3, 0.4) is 0 Å². The van der Waals surface area contributed by atoms with Crippen molar-refractivity contribution in [2.45, 2.75) is 13.5 Å². The van der Waals surface area contributed by atoms with Gasteiger partial charge in [-0.2, -0.15) is 5.26 Å². The molecule has 3 aromatic carbocycles. The smallest absolute Gasteiger partial charge is 0.266 e. The molecule has 0 bridgehead atoms. The van der Waals surface area contributed by atoms with E-state index in [2.05, 4.69) is 10.6 Å². The number of hydrogen-bond donors (Lipinski definition) is 2. The third-order valence-electron chi connectivity index (χ3n) is 4.67. The van der Waals surface area contributed by atoms with E-state index in [1.165, 1.54) is 20.1 Å². The molecule has 34 heavy (non-hydrogen) atoms. The minimum atomic E-state index is -0.566. The number of rotatable bonds is 8. The van der Waals surface area contributed by atoms with Gasteiger partial charge in [-0.15, -0.1) is 0 Å². The van der Waals surface area contributed by atoms with Crippen molar-refractivity contribution in [1.29, 1.82) is 5.26 Å². The fraction of sp³-hybridized carbons (Fsp3) is 0.115. The summed E-state index contributed by atoms with van der Waals surface area (Å²) in [6.45, 7) is 1.63. The van der Waals surface area contributed by atoms with Crippen molar-refractivity contribution in [3.8, 4) is 17.6 Å². The maximum absolute atomic E-state index is 12.6. The van der Waals surface area contributed by atoms with Crippen LogP contribution in [0.2, 0.25) is 5.02 Å². The number of nitrogens with zero attached hydrogens (tertiary/aromatic N) is 1. The van der Waals surface area contributed by atoms with Gasteiger partial charge in [0.15, 0.2) is 11.5 Å². The Labute approximate surface area is 202 Å². The molecule has 0 unspecified atom stereocenters. The van der Waals surface area contributed by atoms with Gasteiger partial charge in [0.2, 0.25) is 5.91 Å². The Bertz CT molecular complexity index is 1260. The van der Waals surface area contributed by atoms with Crippen LogP contribution in [0.15, 0.2) is 72.3 Å². The number of ether oxygens (including phenoxy) is 2. The van der Waals surface area contributed by atoms with Crippen LogP contribution in [0.25, 0.3) is 6.08 Å². The number of nitriles is 1. The second kappa shape index (κ2) is 11.5. The Morgan fingerprint density at radius 1 is 1.00 bits per heavy atom. The summed E-state index contributed by atoms with van der Waals surface area (Å²) in [6.07, 6.45) is 1.46. The number of carbonyl (C=O) groups is 2. The maximum atomic E-state index is 12.6. The number of anilines is 2. The van der Waals surface area contributed by atoms with Crippen LogP contribution in [0.1, 0.15) is 18.1 Å². The first-order valence-corrected chi connectivity index (χ1v) is 10.6. The van der Waals surface area contributed by atoms with Crippen LogP contribution in [0, 0.1) is 11.3 Å². The topological polar surface area (TPSA) is 100 Å². The number of methoxy groups -OCH3 is 1. The predicted molar refractivity (Wildman–Crippen MR) is 132 cm³/mol. The molecule has 0 fully saturated rings. The summed E-state index contributed by atoms with van der Waals surface area (Å²) in [5, 5.41) is 15.4. The molecule has 8 heteroatoms. The highest BCUT2D eigenvalue weighted by atomic mass is 35.5. The Morgan fingerprint density at radius 3 is 2.29 bits per heavy atom. The molecule has 0 aliphatic carbocycles. The Hall–Kier alpha value is -4.28. The van der Waals surface area contributed by atoms with Gasteiger partial charge in [-0.3, -0.25) is 9.59 Å². The fourth-order valence-corrected chi connectivity index (χ4v) is 3.21. The molecule has 2 N–H and O–H groups in total. The van der Waals surface area contributed by atoms with Crippen LogP contribution >= 0.6 is 11.6 Å². The van der Waals surface area contributed by atoms with Crippen LogP contribution in [0.4, 0.5) is 11.4 Å². The molecule has 0 saturated carbocycles. The van der Waals surface area contributed by atoms with E-state index in [9.17, 15) is 14.9 Å². The number of benzene rings is 3. The molecule has 0 aliphatic heterocycles. The monoisotopic (exact) mass is 475 g/mol. The van der Waals surface area contributed by atoms with E-state index in [0.717, 1.165) is 5.56 Å². The van der Waals surface area contributed by atoms with Crippen molar-refractivity contribution in [3.63, 3.8) is 0 Å². The van der Waals surface area contributed by atoms with Gasteiger partial charge in [-0.05, 0) is 54.1 Å². The highest BCUT2D eigenvalue weighted by Gasteiger charge is 2.12. The Kier molecular flexibility index (Phi) is 8.27. The molecule has 7 nitrogen and oxygen atoms in total. The van der Waals surface area contributed by atoms with E-state index in [1.54, 1.807) is 48.5 Å². The van der Waals surface area contributed by atoms with E-state index in [1.807, 2.05) is 24.3 Å². The number of halogens is 1. The third kappa shape index (κ3) is 6.61. The van der Waals surface area contributed by atoms with Gasteiger partial charge in [-0.1, -0.05) is 35.9 Å². The quantitative estimate of drug-likeness (QED) is 0.334. The molecule has 172 valence electrons. The zero-order chi connectivity index (χ0) is 24.5. The lowest BCUT2D eigenvalue weighted by Crippen LogP contribution is -2.13. The van der Waals surface area contributed by atoms with Gasteiger partial charge in [0.25, 0.3) is 5.91 Å². The molecule has 0 spiro atoms. The van der Waals surface area contributed by atoms with Crippen LogP contribution in [-0.4, -0.2) is 18.9 Å². The molecule has 0 heterocycles. The van der Waals surface area contributed by atoms with Crippen molar-refractivity contribution in [1.82, 2.24) is 0 Å². The SMILES string of the molecule is COc1ccc(C=C(C#N)C(=O)Nc2ccc(NC(C)=O)cc2)cc1OCc1ccccc1Cl. The number of amides is 2. The summed E-state index contributed by atoms with van der Waals surface area (Å²) in [7, 11) is 1.53. The number of carbonyl (C=O) groups excluding carboxylic acids is 2. The van der Waals surface area contributed by atoms with Crippen molar-refractivity contribution in [2.75, 3.05) is 17.7 Å². The molecule has 0 atom stereocenters. The summed E-state index contributed by atoms with van der Waals surface area (Å²) in [6, 6.07) is 20.9. The number of hydrogen-bond acceptors (Lipinski definition) is 5. The second-order valence-electron chi connectivity index (χ2n) is 7.17. The standard InChI is InChI=1S/C26H22ClN3O4/c1-17(31)29-21-8-10-22(11-9-21)30-26(32)20(15-28)13-18-7-12-24(33-2)25(14-18)34-16-19-5-3-4-6-23(19)27/h3-14H,16H2,1-2H3,(H,29,31)(H,30,32). The maximum Gasteiger partial charge on any atom is 0.266 e. The first kappa shape index (κ1) is 24.4. The third-order valence-corrected chi connectivity index (χ3v) is 5.04. The first-order chi connectivity index (χ1) is 16.4. The highest BCUT2D eigenvalue weighted by molar-refractivity contribution is 6.31. The Balaban J connectivity index is 1.76. The van der Waals surface area contributed by atoms with Crippen molar-refractivity contribution in [3.05, 3.63) is 88.5 Å². The molecule has 3 rings (SSSR count). The van der Waals surface area contributed by atoms with Crippen LogP contribution in [-0.2, 0) is 16.2 Å². The van der Waals surface area contributed by atoms with E-state index in [4.69, 9.17) is 21.1 Å². The lowest BCUT2D eigenvalue weighted by Gasteiger charge is -2.12. The summed E-state index contributed by atoms with van der Waals surface area (Å²) in [4.78, 5) is 23.7. The van der Waals surface area contributed by atoms with Crippen molar-refractivity contribution >= 4 is 40.9 Å². The first-order valence-electron chi connectivity index (χ1n) is 10.2. The number of nitrogens with one attached hydrogen (secondary N) is 2. The zero-order valence-electron chi connectivity index (χ0n) is 18.6. The van der Waals surface area contributed by atoms with Crippen LogP contribution < -0.4 is 20.1 Å². The molecule has 0 aliphatic rings. The lowest BCUT2D eigenvalue weighted by molar-refractivity contribution is -0.114. The Morgan fingerprint density at radius 2 is 1.68 bits per heavy atom. The van der Waals surface area contributed by atoms with E-state index in [0.29, 0.717) is 33.5 Å². The van der Waals surface area contributed by atoms with Gasteiger partial charge in [0.05, 0.1) is 7.11 Å². The highest BCUT2D eigenvalue weighted by Crippen LogP contribution is 2.30. The van der Waals surface area contributed by atoms with Crippen molar-refractivity contribution in [2.24, 2.45) is 0 Å². The summed E-state index contributed by atoms with van der Waals surface area (Å²) < 4.78 is 11.3. The second-order valence-corrected chi connectivity index (χ2v) is 7.58. The molecule has 0 saturated heterocycles. The molecule has 0 radical (unpaired) electrons. The van der Waals surface area contributed by atoms with Gasteiger partial charge < -0.3 is 20.1 Å². The van der Waals surface area contributed by atoms with Gasteiger partial charge in [0.1, 0.15) is 18.2 Å². The minimum Gasteiger partial charge on any atom is -0.493 e. The summed E-state index contributed by atoms with van der Waals surface area (Å²) in [5.41, 5.74) is 2.40. The van der Waals surface area contributed by atoms with Gasteiger partial charge in [-0.25, -0.2) is 0 Å². The zero-order valence-corrected chi connectivity index (χ0v) is 19.3. The molecule has 2 amide bonds. The van der Waals surface area contributed by atoms with E-state index in [-0.39, 0.29) is 18.1 Å². The summed E-state index contributed by atoms with van der Waals surface area (Å²) >= 11 is 6.20. The summed E-state index contributed by atoms with van der Waals surface area (Å²) in [5.74, 6) is 0.194. The van der Waals surface area contributed by atoms with E-state index >= 15 is 0 Å². The van der Waals surface area contributed by atoms with Gasteiger partial charge >= 0.3 is 0 Å². The average Bonchev–Trinajstić information content (AvgIpc) is 2.83. The van der Waals surface area contributed by atoms with E-state index < -0.39 is 5.91 Å². The van der Waals surface area contributed by atoms with Crippen LogP contribution in [0.5, 0.6) is 11.5 Å². The normalized spacial score (nSPS) is 10.7. The lowest BCUT2D eigenvalue weighted by atomic mass is 10.1. The molecule has 3 aromatic rings. The minimum absolute atomic E-state index is 0.0897. The predicted octanol–water partition coefficient (Wildman–Crippen LogP) is 5.43. The largest absolute Gasteiger partial charge is 0.493 e. The molecular formula is C26H22ClN3O4. The van der Waals surface area contributed by atoms with Crippen molar-refractivity contribution < 1.29 is 19.1 Å². The molecule has 0 aromatic heterocycles. The molecular weight excluding hydrogens is 454 g/mol. The van der Waals surface area contributed by atoms with Gasteiger partial charge in [0, 0.05) is 28.9 Å². The fourth-order valence-electron chi connectivity index (χ4n) is 3.02. The average molecular weight is 476 g/mol.